The molecule has 0 bridgehead atoms. The van der Waals surface area contributed by atoms with E-state index in [1.165, 1.54) is 27.0 Å². The molecule has 1 N–H and O–H groups in total. The van der Waals surface area contributed by atoms with Crippen molar-refractivity contribution in [3.8, 4) is 0 Å². The van der Waals surface area contributed by atoms with E-state index in [0.717, 1.165) is 22.0 Å². The smallest absolute Gasteiger partial charge is 0.243 e. The highest BCUT2D eigenvalue weighted by molar-refractivity contribution is 7.89. The van der Waals surface area contributed by atoms with E-state index in [2.05, 4.69) is 10.3 Å². The van der Waals surface area contributed by atoms with E-state index in [0.29, 0.717) is 18.0 Å². The highest BCUT2D eigenvalue weighted by atomic mass is 32.2. The Morgan fingerprint density at radius 3 is 2.76 bits per heavy atom. The van der Waals surface area contributed by atoms with Crippen LogP contribution in [0.5, 0.6) is 0 Å². The highest BCUT2D eigenvalue weighted by Crippen LogP contribution is 2.24. The summed E-state index contributed by atoms with van der Waals surface area (Å²) in [6.07, 6.45) is 0. The number of nitrogens with zero attached hydrogens (tertiary/aromatic N) is 2. The number of aryl methyl sites for hydroxylation is 1. The first-order valence-corrected chi connectivity index (χ1v) is 9.78. The maximum Gasteiger partial charge on any atom is 0.243 e. The Balaban J connectivity index is 2.13. The van der Waals surface area contributed by atoms with E-state index in [4.69, 9.17) is 0 Å². The van der Waals surface area contributed by atoms with E-state index in [-0.39, 0.29) is 0 Å². The van der Waals surface area contributed by atoms with Crippen LogP contribution in [0.4, 0.5) is 0 Å². The summed E-state index contributed by atoms with van der Waals surface area (Å²) in [6.45, 7) is 5.85. The normalized spacial score (nSPS) is 12.2. The van der Waals surface area contributed by atoms with Gasteiger partial charge in [-0.2, -0.15) is 4.31 Å². The minimum Gasteiger partial charge on any atom is -0.312 e. The molecule has 0 amide bonds. The lowest BCUT2D eigenvalue weighted by Crippen LogP contribution is -2.26. The SMILES string of the molecule is CCNCc1cc(S(=O)(=O)N(C)Cc2scnc2C)cs1. The Morgan fingerprint density at radius 1 is 1.38 bits per heavy atom. The molecule has 116 valence electrons. The van der Waals surface area contributed by atoms with Crippen molar-refractivity contribution < 1.29 is 8.42 Å². The molecule has 0 atom stereocenters. The number of thiazole rings is 1. The van der Waals surface area contributed by atoms with E-state index < -0.39 is 10.0 Å². The van der Waals surface area contributed by atoms with Gasteiger partial charge in [-0.25, -0.2) is 13.4 Å². The number of aromatic nitrogens is 1. The van der Waals surface area contributed by atoms with Crippen LogP contribution >= 0.6 is 22.7 Å². The fourth-order valence-corrected chi connectivity index (χ4v) is 5.06. The van der Waals surface area contributed by atoms with Crippen molar-refractivity contribution >= 4 is 32.7 Å². The van der Waals surface area contributed by atoms with Gasteiger partial charge >= 0.3 is 0 Å². The summed E-state index contributed by atoms with van der Waals surface area (Å²) < 4.78 is 26.5. The molecule has 0 unspecified atom stereocenters. The second-order valence-electron chi connectivity index (χ2n) is 4.65. The zero-order valence-electron chi connectivity index (χ0n) is 12.3. The predicted molar refractivity (Wildman–Crippen MR) is 87.2 cm³/mol. The molecule has 0 spiro atoms. The Labute approximate surface area is 133 Å². The number of thiophene rings is 1. The summed E-state index contributed by atoms with van der Waals surface area (Å²) in [5, 5.41) is 4.90. The molecule has 2 rings (SSSR count). The predicted octanol–water partition coefficient (Wildman–Crippen LogP) is 2.44. The van der Waals surface area contributed by atoms with Gasteiger partial charge in [0.25, 0.3) is 0 Å². The van der Waals surface area contributed by atoms with Crippen LogP contribution in [0.25, 0.3) is 0 Å². The van der Waals surface area contributed by atoms with Gasteiger partial charge in [0.1, 0.15) is 0 Å². The quantitative estimate of drug-likeness (QED) is 0.837. The third kappa shape index (κ3) is 3.89. The summed E-state index contributed by atoms with van der Waals surface area (Å²) >= 11 is 2.95. The molecule has 0 radical (unpaired) electrons. The molecular weight excluding hydrogens is 326 g/mol. The van der Waals surface area contributed by atoms with Crippen molar-refractivity contribution in [1.29, 1.82) is 0 Å². The Bertz CT molecular complexity index is 691. The standard InChI is InChI=1S/C13H19N3O2S3/c1-4-14-6-11-5-12(8-19-11)21(17,18)16(3)7-13-10(2)15-9-20-13/h5,8-9,14H,4,6-7H2,1-3H3. The number of hydrogen-bond acceptors (Lipinski definition) is 6. The summed E-state index contributed by atoms with van der Waals surface area (Å²) in [6, 6.07) is 1.75. The zero-order chi connectivity index (χ0) is 15.5. The molecule has 8 heteroatoms. The van der Waals surface area contributed by atoms with Gasteiger partial charge in [0, 0.05) is 35.3 Å². The van der Waals surface area contributed by atoms with Crippen molar-refractivity contribution in [2.24, 2.45) is 0 Å². The van der Waals surface area contributed by atoms with Crippen LogP contribution in [-0.4, -0.2) is 31.3 Å². The van der Waals surface area contributed by atoms with Crippen LogP contribution in [0, 0.1) is 6.92 Å². The Kier molecular flexibility index (Phi) is 5.50. The molecule has 0 saturated heterocycles. The van der Waals surface area contributed by atoms with E-state index in [1.807, 2.05) is 13.8 Å². The first-order chi connectivity index (χ1) is 9.95. The topological polar surface area (TPSA) is 62.3 Å². The Hall–Kier alpha value is -0.800. The average Bonchev–Trinajstić information content (AvgIpc) is 3.06. The lowest BCUT2D eigenvalue weighted by atomic mass is 10.4. The molecule has 2 aromatic heterocycles. The van der Waals surface area contributed by atoms with Gasteiger partial charge < -0.3 is 5.32 Å². The number of hydrogen-bond donors (Lipinski definition) is 1. The third-order valence-electron chi connectivity index (χ3n) is 3.10. The summed E-state index contributed by atoms with van der Waals surface area (Å²) in [5.74, 6) is 0. The first-order valence-electron chi connectivity index (χ1n) is 6.58. The molecule has 0 aliphatic rings. The van der Waals surface area contributed by atoms with Crippen molar-refractivity contribution in [3.63, 3.8) is 0 Å². The fourth-order valence-electron chi connectivity index (χ4n) is 1.78. The van der Waals surface area contributed by atoms with Crippen LogP contribution in [0.15, 0.2) is 21.9 Å². The van der Waals surface area contributed by atoms with E-state index >= 15 is 0 Å². The second-order valence-corrected chi connectivity index (χ2v) is 8.63. The first kappa shape index (κ1) is 16.6. The molecule has 0 saturated carbocycles. The molecule has 0 aliphatic heterocycles. The van der Waals surface area contributed by atoms with Crippen LogP contribution in [-0.2, 0) is 23.1 Å². The summed E-state index contributed by atoms with van der Waals surface area (Å²) in [5.41, 5.74) is 2.63. The number of rotatable bonds is 7. The molecule has 21 heavy (non-hydrogen) atoms. The minimum atomic E-state index is -3.44. The molecule has 0 aromatic carbocycles. The molecular formula is C13H19N3O2S3. The molecule has 2 heterocycles. The maximum atomic E-state index is 12.6. The molecule has 2 aromatic rings. The van der Waals surface area contributed by atoms with Gasteiger partial charge in [-0.05, 0) is 19.5 Å². The number of sulfonamides is 1. The third-order valence-corrected chi connectivity index (χ3v) is 6.89. The molecule has 5 nitrogen and oxygen atoms in total. The fraction of sp³-hybridized carbons (Fsp3) is 0.462. The number of nitrogens with one attached hydrogen (secondary N) is 1. The van der Waals surface area contributed by atoms with Gasteiger partial charge in [0.15, 0.2) is 0 Å². The van der Waals surface area contributed by atoms with Crippen molar-refractivity contribution in [2.45, 2.75) is 31.8 Å². The van der Waals surface area contributed by atoms with Crippen LogP contribution < -0.4 is 5.32 Å². The largest absolute Gasteiger partial charge is 0.312 e. The van der Waals surface area contributed by atoms with Gasteiger partial charge in [-0.15, -0.1) is 22.7 Å². The molecule has 0 aliphatic carbocycles. The van der Waals surface area contributed by atoms with Gasteiger partial charge in [0.05, 0.1) is 16.1 Å². The summed E-state index contributed by atoms with van der Waals surface area (Å²) in [7, 11) is -1.83. The monoisotopic (exact) mass is 345 g/mol. The van der Waals surface area contributed by atoms with Gasteiger partial charge in [-0.1, -0.05) is 6.92 Å². The molecule has 0 fully saturated rings. The van der Waals surface area contributed by atoms with Crippen molar-refractivity contribution in [3.05, 3.63) is 32.4 Å². The van der Waals surface area contributed by atoms with Crippen molar-refractivity contribution in [1.82, 2.24) is 14.6 Å². The average molecular weight is 346 g/mol. The van der Waals surface area contributed by atoms with E-state index in [1.54, 1.807) is 24.0 Å². The van der Waals surface area contributed by atoms with Crippen LogP contribution in [0.1, 0.15) is 22.4 Å². The van der Waals surface area contributed by atoms with Gasteiger partial charge in [-0.3, -0.25) is 0 Å². The Morgan fingerprint density at radius 2 is 2.14 bits per heavy atom. The highest BCUT2D eigenvalue weighted by Gasteiger charge is 2.23. The lowest BCUT2D eigenvalue weighted by molar-refractivity contribution is 0.469. The van der Waals surface area contributed by atoms with Gasteiger partial charge in [0.2, 0.25) is 10.0 Å². The van der Waals surface area contributed by atoms with Crippen LogP contribution in [0.3, 0.4) is 0 Å². The summed E-state index contributed by atoms with van der Waals surface area (Å²) in [4.78, 5) is 6.52. The lowest BCUT2D eigenvalue weighted by Gasteiger charge is -2.15. The van der Waals surface area contributed by atoms with Crippen molar-refractivity contribution in [2.75, 3.05) is 13.6 Å². The minimum absolute atomic E-state index is 0.358. The zero-order valence-corrected chi connectivity index (χ0v) is 14.7. The second kappa shape index (κ2) is 6.97. The maximum absolute atomic E-state index is 12.6. The van der Waals surface area contributed by atoms with E-state index in [9.17, 15) is 8.42 Å². The van der Waals surface area contributed by atoms with Crippen LogP contribution in [0.2, 0.25) is 0 Å².